The topological polar surface area (TPSA) is 84.9 Å². The number of anilines is 1. The first-order chi connectivity index (χ1) is 16.2. The smallest absolute Gasteiger partial charge is 0.264 e. The van der Waals surface area contributed by atoms with Crippen molar-refractivity contribution in [2.24, 2.45) is 0 Å². The van der Waals surface area contributed by atoms with Crippen LogP contribution in [0.1, 0.15) is 12.5 Å². The Kier molecular flexibility index (Phi) is 8.41. The van der Waals surface area contributed by atoms with Crippen LogP contribution in [0.5, 0.6) is 11.5 Å². The number of rotatable bonds is 10. The number of halogens is 1. The van der Waals surface area contributed by atoms with Gasteiger partial charge in [-0.1, -0.05) is 47.5 Å². The highest BCUT2D eigenvalue weighted by Gasteiger charge is 2.28. The molecule has 34 heavy (non-hydrogen) atoms. The SMILES string of the molecule is COc1ccc(N(CC(=O)NC(C)COc2ccc(C)cc2)S(=O)(=O)c2ccccc2)cc1Cl. The second-order valence-electron chi connectivity index (χ2n) is 7.74. The number of nitrogens with one attached hydrogen (secondary N) is 1. The van der Waals surface area contributed by atoms with Crippen LogP contribution in [0.4, 0.5) is 5.69 Å². The highest BCUT2D eigenvalue weighted by atomic mass is 35.5. The van der Waals surface area contributed by atoms with Gasteiger partial charge in [-0.2, -0.15) is 0 Å². The minimum absolute atomic E-state index is 0.0606. The Hall–Kier alpha value is -3.23. The van der Waals surface area contributed by atoms with Crippen molar-refractivity contribution in [2.45, 2.75) is 24.8 Å². The fraction of sp³-hybridized carbons (Fsp3) is 0.240. The third kappa shape index (κ3) is 6.42. The number of ether oxygens (including phenoxy) is 2. The first kappa shape index (κ1) is 25.4. The summed E-state index contributed by atoms with van der Waals surface area (Å²) >= 11 is 6.24. The second-order valence-corrected chi connectivity index (χ2v) is 10.0. The Labute approximate surface area is 205 Å². The summed E-state index contributed by atoms with van der Waals surface area (Å²) in [6.45, 7) is 3.56. The fourth-order valence-corrected chi connectivity index (χ4v) is 4.88. The number of carbonyl (C=O) groups is 1. The number of nitrogens with zero attached hydrogens (tertiary/aromatic N) is 1. The van der Waals surface area contributed by atoms with E-state index in [1.807, 2.05) is 31.2 Å². The van der Waals surface area contributed by atoms with E-state index < -0.39 is 22.5 Å². The standard InChI is InChI=1S/C25H27ClN2O5S/c1-18-9-12-21(13-10-18)33-17-19(2)27-25(29)16-28(20-11-14-24(32-3)23(26)15-20)34(30,31)22-7-5-4-6-8-22/h4-15,19H,16-17H2,1-3H3,(H,27,29). The number of hydrogen-bond acceptors (Lipinski definition) is 5. The Bertz CT molecular complexity index is 1220. The monoisotopic (exact) mass is 502 g/mol. The van der Waals surface area contributed by atoms with Crippen molar-refractivity contribution in [3.63, 3.8) is 0 Å². The van der Waals surface area contributed by atoms with Gasteiger partial charge in [0.05, 0.1) is 28.8 Å². The molecule has 3 rings (SSSR count). The first-order valence-corrected chi connectivity index (χ1v) is 12.4. The van der Waals surface area contributed by atoms with Crippen molar-refractivity contribution in [3.8, 4) is 11.5 Å². The molecule has 3 aromatic rings. The molecule has 0 saturated heterocycles. The minimum atomic E-state index is -4.04. The summed E-state index contributed by atoms with van der Waals surface area (Å²) in [6, 6.07) is 19.7. The maximum atomic E-state index is 13.4. The number of sulfonamides is 1. The molecule has 1 unspecified atom stereocenters. The molecule has 0 spiro atoms. The maximum absolute atomic E-state index is 13.4. The quantitative estimate of drug-likeness (QED) is 0.443. The Morgan fingerprint density at radius 1 is 1.06 bits per heavy atom. The zero-order valence-electron chi connectivity index (χ0n) is 19.2. The van der Waals surface area contributed by atoms with E-state index in [1.165, 1.54) is 25.3 Å². The summed E-state index contributed by atoms with van der Waals surface area (Å²) in [7, 11) is -2.57. The van der Waals surface area contributed by atoms with Crippen molar-refractivity contribution in [3.05, 3.63) is 83.4 Å². The summed E-state index contributed by atoms with van der Waals surface area (Å²) in [5.41, 5.74) is 1.36. The van der Waals surface area contributed by atoms with Gasteiger partial charge in [-0.05, 0) is 56.3 Å². The largest absolute Gasteiger partial charge is 0.495 e. The molecule has 1 amide bonds. The molecule has 0 aromatic heterocycles. The molecule has 9 heteroatoms. The van der Waals surface area contributed by atoms with Gasteiger partial charge in [0.2, 0.25) is 5.91 Å². The highest BCUT2D eigenvalue weighted by molar-refractivity contribution is 7.92. The highest BCUT2D eigenvalue weighted by Crippen LogP contribution is 2.31. The molecule has 0 bridgehead atoms. The van der Waals surface area contributed by atoms with E-state index in [-0.39, 0.29) is 28.3 Å². The molecule has 0 aliphatic rings. The Morgan fingerprint density at radius 2 is 1.74 bits per heavy atom. The van der Waals surface area contributed by atoms with Gasteiger partial charge in [-0.25, -0.2) is 8.42 Å². The van der Waals surface area contributed by atoms with Crippen LogP contribution >= 0.6 is 11.6 Å². The summed E-state index contributed by atoms with van der Waals surface area (Å²) in [6.07, 6.45) is 0. The molecule has 1 atom stereocenters. The molecule has 180 valence electrons. The number of hydrogen-bond donors (Lipinski definition) is 1. The minimum Gasteiger partial charge on any atom is -0.495 e. The summed E-state index contributed by atoms with van der Waals surface area (Å²) in [4.78, 5) is 12.9. The average Bonchev–Trinajstić information content (AvgIpc) is 2.82. The van der Waals surface area contributed by atoms with E-state index in [1.54, 1.807) is 37.3 Å². The van der Waals surface area contributed by atoms with E-state index in [9.17, 15) is 13.2 Å². The summed E-state index contributed by atoms with van der Waals surface area (Å²) < 4.78 is 38.7. The number of amides is 1. The lowest BCUT2D eigenvalue weighted by Gasteiger charge is -2.25. The maximum Gasteiger partial charge on any atom is 0.264 e. The van der Waals surface area contributed by atoms with E-state index >= 15 is 0 Å². The third-order valence-corrected chi connectivity index (χ3v) is 7.05. The van der Waals surface area contributed by atoms with Gasteiger partial charge >= 0.3 is 0 Å². The summed E-state index contributed by atoms with van der Waals surface area (Å²) in [5.74, 6) is 0.605. The van der Waals surface area contributed by atoms with Crippen LogP contribution in [0.3, 0.4) is 0 Å². The van der Waals surface area contributed by atoms with Gasteiger partial charge in [-0.15, -0.1) is 0 Å². The first-order valence-electron chi connectivity index (χ1n) is 10.6. The van der Waals surface area contributed by atoms with Crippen LogP contribution in [0.2, 0.25) is 5.02 Å². The normalized spacial score (nSPS) is 12.0. The Morgan fingerprint density at radius 3 is 2.35 bits per heavy atom. The molecular formula is C25H27ClN2O5S. The molecule has 0 aliphatic heterocycles. The molecule has 3 aromatic carbocycles. The molecule has 0 radical (unpaired) electrons. The van der Waals surface area contributed by atoms with Gasteiger partial charge < -0.3 is 14.8 Å². The predicted octanol–water partition coefficient (Wildman–Crippen LogP) is 4.44. The number of carbonyl (C=O) groups excluding carboxylic acids is 1. The second kappa shape index (κ2) is 11.3. The average molecular weight is 503 g/mol. The lowest BCUT2D eigenvalue weighted by Crippen LogP contribution is -2.45. The number of benzene rings is 3. The molecule has 7 nitrogen and oxygen atoms in total. The van der Waals surface area contributed by atoms with Gasteiger partial charge in [0.1, 0.15) is 24.7 Å². The molecule has 1 N–H and O–H groups in total. The predicted molar refractivity (Wildman–Crippen MR) is 133 cm³/mol. The molecule has 0 saturated carbocycles. The van der Waals surface area contributed by atoms with Crippen molar-refractivity contribution in [2.75, 3.05) is 24.6 Å². The van der Waals surface area contributed by atoms with Crippen molar-refractivity contribution in [1.82, 2.24) is 5.32 Å². The fourth-order valence-electron chi connectivity index (χ4n) is 3.19. The molecule has 0 fully saturated rings. The van der Waals surface area contributed by atoms with Crippen LogP contribution in [-0.2, 0) is 14.8 Å². The lowest BCUT2D eigenvalue weighted by atomic mass is 10.2. The van der Waals surface area contributed by atoms with Crippen LogP contribution in [-0.4, -0.2) is 40.6 Å². The van der Waals surface area contributed by atoms with Crippen LogP contribution in [0, 0.1) is 6.92 Å². The summed E-state index contributed by atoms with van der Waals surface area (Å²) in [5, 5.41) is 3.02. The van der Waals surface area contributed by atoms with Crippen molar-refractivity contribution >= 4 is 33.2 Å². The number of aryl methyl sites for hydroxylation is 1. The molecule has 0 heterocycles. The molecular weight excluding hydrogens is 476 g/mol. The van der Waals surface area contributed by atoms with Crippen LogP contribution in [0.15, 0.2) is 77.7 Å². The molecule has 0 aliphatic carbocycles. The van der Waals surface area contributed by atoms with E-state index in [4.69, 9.17) is 21.1 Å². The van der Waals surface area contributed by atoms with E-state index in [2.05, 4.69) is 5.32 Å². The zero-order chi connectivity index (χ0) is 24.7. The van der Waals surface area contributed by atoms with Gasteiger partial charge in [0.15, 0.2) is 0 Å². The van der Waals surface area contributed by atoms with Gasteiger partial charge in [0.25, 0.3) is 10.0 Å². The Balaban J connectivity index is 1.77. The van der Waals surface area contributed by atoms with Crippen LogP contribution < -0.4 is 19.1 Å². The lowest BCUT2D eigenvalue weighted by molar-refractivity contribution is -0.120. The van der Waals surface area contributed by atoms with Gasteiger partial charge in [0, 0.05) is 0 Å². The van der Waals surface area contributed by atoms with E-state index in [0.717, 1.165) is 9.87 Å². The van der Waals surface area contributed by atoms with Gasteiger partial charge in [-0.3, -0.25) is 9.10 Å². The third-order valence-electron chi connectivity index (χ3n) is 4.97. The number of methoxy groups -OCH3 is 1. The van der Waals surface area contributed by atoms with Crippen LogP contribution in [0.25, 0.3) is 0 Å². The van der Waals surface area contributed by atoms with Crippen molar-refractivity contribution < 1.29 is 22.7 Å². The van der Waals surface area contributed by atoms with E-state index in [0.29, 0.717) is 11.5 Å². The zero-order valence-corrected chi connectivity index (χ0v) is 20.8. The van der Waals surface area contributed by atoms with Crippen molar-refractivity contribution in [1.29, 1.82) is 0 Å².